The van der Waals surface area contributed by atoms with E-state index in [9.17, 15) is 4.79 Å². The van der Waals surface area contributed by atoms with Gasteiger partial charge in [0.15, 0.2) is 0 Å². The van der Waals surface area contributed by atoms with E-state index in [1.165, 1.54) is 0 Å². The molecule has 0 aromatic heterocycles. The third-order valence-electron chi connectivity index (χ3n) is 2.97. The number of ether oxygens (including phenoxy) is 1. The molecule has 2 rings (SSSR count). The number of nitrogens with one attached hydrogen (secondary N) is 1. The van der Waals surface area contributed by atoms with Crippen LogP contribution in [-0.2, 0) is 0 Å². The summed E-state index contributed by atoms with van der Waals surface area (Å²) >= 11 is 0. The van der Waals surface area contributed by atoms with E-state index in [2.05, 4.69) is 5.32 Å². The number of benzene rings is 2. The van der Waals surface area contributed by atoms with Crippen molar-refractivity contribution in [2.45, 2.75) is 12.8 Å². The Labute approximate surface area is 124 Å². The molecule has 0 heterocycles. The van der Waals surface area contributed by atoms with E-state index in [1.807, 2.05) is 30.3 Å². The topological polar surface area (TPSA) is 58.6 Å². The minimum Gasteiger partial charge on any atom is -0.457 e. The fourth-order valence-electron chi connectivity index (χ4n) is 1.84. The van der Waals surface area contributed by atoms with Crippen molar-refractivity contribution in [2.75, 3.05) is 13.2 Å². The lowest BCUT2D eigenvalue weighted by Gasteiger charge is -2.07. The molecule has 0 unspecified atom stereocenters. The lowest BCUT2D eigenvalue weighted by atomic mass is 10.2. The van der Waals surface area contributed by atoms with Crippen LogP contribution in [0.1, 0.15) is 23.2 Å². The van der Waals surface area contributed by atoms with Crippen LogP contribution in [-0.4, -0.2) is 24.2 Å². The average molecular weight is 285 g/mol. The van der Waals surface area contributed by atoms with Gasteiger partial charge in [-0.15, -0.1) is 0 Å². The first-order valence-electron chi connectivity index (χ1n) is 7.01. The van der Waals surface area contributed by atoms with E-state index in [0.717, 1.165) is 12.2 Å². The smallest absolute Gasteiger partial charge is 0.251 e. The number of unbranched alkanes of at least 4 members (excludes halogenated alkanes) is 1. The number of hydrogen-bond acceptors (Lipinski definition) is 3. The van der Waals surface area contributed by atoms with Gasteiger partial charge >= 0.3 is 0 Å². The highest BCUT2D eigenvalue weighted by Crippen LogP contribution is 2.21. The minimum atomic E-state index is -0.112. The first-order chi connectivity index (χ1) is 10.3. The largest absolute Gasteiger partial charge is 0.457 e. The van der Waals surface area contributed by atoms with Gasteiger partial charge < -0.3 is 15.2 Å². The fourth-order valence-corrected chi connectivity index (χ4v) is 1.84. The molecule has 0 aliphatic heterocycles. The molecular weight excluding hydrogens is 266 g/mol. The normalized spacial score (nSPS) is 10.1. The van der Waals surface area contributed by atoms with Gasteiger partial charge in [0.05, 0.1) is 0 Å². The Balaban J connectivity index is 1.88. The van der Waals surface area contributed by atoms with Gasteiger partial charge in [0.2, 0.25) is 0 Å². The lowest BCUT2D eigenvalue weighted by molar-refractivity contribution is 0.0952. The second-order valence-corrected chi connectivity index (χ2v) is 4.63. The molecule has 0 bridgehead atoms. The van der Waals surface area contributed by atoms with Crippen molar-refractivity contribution in [2.24, 2.45) is 0 Å². The molecule has 0 aliphatic rings. The van der Waals surface area contributed by atoms with Gasteiger partial charge in [-0.25, -0.2) is 0 Å². The van der Waals surface area contributed by atoms with Gasteiger partial charge in [-0.05, 0) is 49.2 Å². The highest BCUT2D eigenvalue weighted by molar-refractivity contribution is 5.94. The zero-order valence-electron chi connectivity index (χ0n) is 11.8. The van der Waals surface area contributed by atoms with Gasteiger partial charge in [-0.2, -0.15) is 0 Å². The van der Waals surface area contributed by atoms with Crippen molar-refractivity contribution in [3.63, 3.8) is 0 Å². The van der Waals surface area contributed by atoms with E-state index in [0.29, 0.717) is 24.3 Å². The monoisotopic (exact) mass is 285 g/mol. The standard InChI is InChI=1S/C17H19NO3/c19-13-5-4-12-18-17(20)14-8-10-16(11-9-14)21-15-6-2-1-3-7-15/h1-3,6-11,19H,4-5,12-13H2,(H,18,20). The molecule has 0 fully saturated rings. The summed E-state index contributed by atoms with van der Waals surface area (Å²) in [6.07, 6.45) is 1.47. The third kappa shape index (κ3) is 4.93. The number of para-hydroxylation sites is 1. The van der Waals surface area contributed by atoms with Crippen LogP contribution in [0.25, 0.3) is 0 Å². The molecule has 4 nitrogen and oxygen atoms in total. The summed E-state index contributed by atoms with van der Waals surface area (Å²) in [6, 6.07) is 16.5. The first-order valence-corrected chi connectivity index (χ1v) is 7.01. The van der Waals surface area contributed by atoms with Crippen LogP contribution in [0.2, 0.25) is 0 Å². The maximum absolute atomic E-state index is 11.9. The molecule has 0 saturated heterocycles. The first kappa shape index (κ1) is 15.1. The zero-order valence-corrected chi connectivity index (χ0v) is 11.8. The Morgan fingerprint density at radius 3 is 2.29 bits per heavy atom. The minimum absolute atomic E-state index is 0.112. The molecule has 110 valence electrons. The van der Waals surface area contributed by atoms with Crippen LogP contribution in [0, 0.1) is 0 Å². The molecule has 21 heavy (non-hydrogen) atoms. The number of rotatable bonds is 7. The quantitative estimate of drug-likeness (QED) is 0.769. The maximum atomic E-state index is 11.9. The van der Waals surface area contributed by atoms with E-state index < -0.39 is 0 Å². The van der Waals surface area contributed by atoms with Crippen LogP contribution in [0.15, 0.2) is 54.6 Å². The van der Waals surface area contributed by atoms with Crippen molar-refractivity contribution in [3.8, 4) is 11.5 Å². The molecule has 2 N–H and O–H groups in total. The summed E-state index contributed by atoms with van der Waals surface area (Å²) in [5.74, 6) is 1.34. The number of amides is 1. The molecule has 0 atom stereocenters. The van der Waals surface area contributed by atoms with E-state index in [4.69, 9.17) is 9.84 Å². The number of carbonyl (C=O) groups is 1. The highest BCUT2D eigenvalue weighted by atomic mass is 16.5. The van der Waals surface area contributed by atoms with E-state index in [-0.39, 0.29) is 12.5 Å². The van der Waals surface area contributed by atoms with E-state index >= 15 is 0 Å². The zero-order chi connectivity index (χ0) is 14.9. The summed E-state index contributed by atoms with van der Waals surface area (Å²) in [6.45, 7) is 0.725. The third-order valence-corrected chi connectivity index (χ3v) is 2.97. The van der Waals surface area contributed by atoms with Gasteiger partial charge in [0.1, 0.15) is 11.5 Å². The van der Waals surface area contributed by atoms with Crippen LogP contribution >= 0.6 is 0 Å². The van der Waals surface area contributed by atoms with Crippen LogP contribution in [0.5, 0.6) is 11.5 Å². The van der Waals surface area contributed by atoms with Gasteiger partial charge in [0.25, 0.3) is 5.91 Å². The van der Waals surface area contributed by atoms with Gasteiger partial charge in [0, 0.05) is 18.7 Å². The Bertz CT molecular complexity index is 552. The van der Waals surface area contributed by atoms with Crippen molar-refractivity contribution in [1.29, 1.82) is 0 Å². The van der Waals surface area contributed by atoms with Gasteiger partial charge in [-0.3, -0.25) is 4.79 Å². The van der Waals surface area contributed by atoms with Gasteiger partial charge in [-0.1, -0.05) is 18.2 Å². The number of hydrogen-bond donors (Lipinski definition) is 2. The number of aliphatic hydroxyl groups is 1. The summed E-state index contributed by atoms with van der Waals surface area (Å²) < 4.78 is 5.67. The van der Waals surface area contributed by atoms with Crippen LogP contribution in [0.4, 0.5) is 0 Å². The molecule has 2 aromatic carbocycles. The molecule has 0 saturated carbocycles. The molecule has 0 aliphatic carbocycles. The molecule has 0 radical (unpaired) electrons. The van der Waals surface area contributed by atoms with Crippen molar-refractivity contribution < 1.29 is 14.6 Å². The summed E-state index contributed by atoms with van der Waals surface area (Å²) in [5, 5.41) is 11.5. The summed E-state index contributed by atoms with van der Waals surface area (Å²) in [7, 11) is 0. The lowest BCUT2D eigenvalue weighted by Crippen LogP contribution is -2.24. The van der Waals surface area contributed by atoms with Crippen molar-refractivity contribution in [1.82, 2.24) is 5.32 Å². The molecule has 4 heteroatoms. The summed E-state index contributed by atoms with van der Waals surface area (Å²) in [4.78, 5) is 11.9. The highest BCUT2D eigenvalue weighted by Gasteiger charge is 2.05. The van der Waals surface area contributed by atoms with Crippen LogP contribution in [0.3, 0.4) is 0 Å². The number of aliphatic hydroxyl groups excluding tert-OH is 1. The van der Waals surface area contributed by atoms with Crippen LogP contribution < -0.4 is 10.1 Å². The maximum Gasteiger partial charge on any atom is 0.251 e. The van der Waals surface area contributed by atoms with E-state index in [1.54, 1.807) is 24.3 Å². The van der Waals surface area contributed by atoms with Crippen molar-refractivity contribution in [3.05, 3.63) is 60.2 Å². The molecule has 2 aromatic rings. The average Bonchev–Trinajstić information content (AvgIpc) is 2.53. The second-order valence-electron chi connectivity index (χ2n) is 4.63. The molecule has 0 spiro atoms. The Kier molecular flexibility index (Phi) is 5.79. The fraction of sp³-hybridized carbons (Fsp3) is 0.235. The molecule has 1 amide bonds. The van der Waals surface area contributed by atoms with Crippen molar-refractivity contribution >= 4 is 5.91 Å². The predicted octanol–water partition coefficient (Wildman–Crippen LogP) is 2.98. The summed E-state index contributed by atoms with van der Waals surface area (Å²) in [5.41, 5.74) is 0.597. The molecular formula is C17H19NO3. The Morgan fingerprint density at radius 1 is 0.952 bits per heavy atom. The SMILES string of the molecule is O=C(NCCCCO)c1ccc(Oc2ccccc2)cc1. The number of carbonyl (C=O) groups excluding carboxylic acids is 1. The Hall–Kier alpha value is -2.33. The second kappa shape index (κ2) is 8.07. The predicted molar refractivity (Wildman–Crippen MR) is 81.6 cm³/mol. The Morgan fingerprint density at radius 2 is 1.62 bits per heavy atom.